The minimum absolute atomic E-state index is 0.391. The summed E-state index contributed by atoms with van der Waals surface area (Å²) in [6.07, 6.45) is 1.70. The maximum absolute atomic E-state index is 13.6. The first-order valence-corrected chi connectivity index (χ1v) is 7.73. The molecule has 0 fully saturated rings. The molecule has 132 valence electrons. The Bertz CT molecular complexity index is 915. The van der Waals surface area contributed by atoms with Crippen molar-refractivity contribution in [2.75, 3.05) is 10.6 Å². The molecule has 0 spiro atoms. The molecule has 3 rings (SSSR count). The van der Waals surface area contributed by atoms with E-state index < -0.39 is 28.9 Å². The molecule has 1 aromatic heterocycles. The van der Waals surface area contributed by atoms with Gasteiger partial charge in [-0.1, -0.05) is 6.07 Å². The molecule has 0 saturated heterocycles. The van der Waals surface area contributed by atoms with E-state index in [1.807, 2.05) is 18.2 Å². The van der Waals surface area contributed by atoms with Crippen molar-refractivity contribution in [3.8, 4) is 0 Å². The summed E-state index contributed by atoms with van der Waals surface area (Å²) in [6, 6.07) is 13.9. The highest BCUT2D eigenvalue weighted by Gasteiger charge is 2.18. The Hall–Kier alpha value is -3.35. The SMILES string of the molecule is O=C(Nc1ccc(NCc2ccccn2)cc1)c1ccc(F)c(F)c1F. The quantitative estimate of drug-likeness (QED) is 0.667. The van der Waals surface area contributed by atoms with Crippen molar-refractivity contribution in [2.24, 2.45) is 0 Å². The van der Waals surface area contributed by atoms with Crippen LogP contribution in [0.15, 0.2) is 60.8 Å². The molecule has 1 heterocycles. The molecular weight excluding hydrogens is 343 g/mol. The molecule has 0 bridgehead atoms. The summed E-state index contributed by atoms with van der Waals surface area (Å²) in [6.45, 7) is 0.534. The van der Waals surface area contributed by atoms with Crippen LogP contribution in [0.2, 0.25) is 0 Å². The molecule has 1 amide bonds. The van der Waals surface area contributed by atoms with Crippen molar-refractivity contribution in [3.05, 3.63) is 89.5 Å². The second-order valence-electron chi connectivity index (χ2n) is 5.43. The lowest BCUT2D eigenvalue weighted by atomic mass is 10.1. The fraction of sp³-hybridized carbons (Fsp3) is 0.0526. The largest absolute Gasteiger partial charge is 0.379 e. The van der Waals surface area contributed by atoms with Gasteiger partial charge in [0.25, 0.3) is 5.91 Å². The second kappa shape index (κ2) is 7.69. The van der Waals surface area contributed by atoms with E-state index in [2.05, 4.69) is 15.6 Å². The smallest absolute Gasteiger partial charge is 0.258 e. The molecule has 2 N–H and O–H groups in total. The number of halogens is 3. The average Bonchev–Trinajstić information content (AvgIpc) is 2.66. The Morgan fingerprint density at radius 1 is 0.885 bits per heavy atom. The predicted molar refractivity (Wildman–Crippen MR) is 92.3 cm³/mol. The molecule has 0 unspecified atom stereocenters. The number of hydrogen-bond acceptors (Lipinski definition) is 3. The van der Waals surface area contributed by atoms with E-state index in [9.17, 15) is 18.0 Å². The Balaban J connectivity index is 1.64. The predicted octanol–water partition coefficient (Wildman–Crippen LogP) is 4.36. The zero-order valence-corrected chi connectivity index (χ0v) is 13.5. The van der Waals surface area contributed by atoms with Crippen molar-refractivity contribution >= 4 is 17.3 Å². The standard InChI is InChI=1S/C19H14F3N3O/c20-16-9-8-15(17(21)18(16)22)19(26)25-13-6-4-12(5-7-13)24-11-14-3-1-2-10-23-14/h1-10,24H,11H2,(H,25,26). The van der Waals surface area contributed by atoms with Gasteiger partial charge in [0.05, 0.1) is 17.8 Å². The number of carbonyl (C=O) groups excluding carboxylic acids is 1. The summed E-state index contributed by atoms with van der Waals surface area (Å²) in [5.74, 6) is -5.40. The first kappa shape index (κ1) is 17.5. The topological polar surface area (TPSA) is 54.0 Å². The summed E-state index contributed by atoms with van der Waals surface area (Å²) in [7, 11) is 0. The van der Waals surface area contributed by atoms with Gasteiger partial charge in [0, 0.05) is 17.6 Å². The van der Waals surface area contributed by atoms with Crippen LogP contribution in [0.4, 0.5) is 24.5 Å². The van der Waals surface area contributed by atoms with Gasteiger partial charge in [-0.3, -0.25) is 9.78 Å². The van der Waals surface area contributed by atoms with Gasteiger partial charge >= 0.3 is 0 Å². The number of rotatable bonds is 5. The maximum atomic E-state index is 13.6. The van der Waals surface area contributed by atoms with Crippen LogP contribution in [0.3, 0.4) is 0 Å². The minimum Gasteiger partial charge on any atom is -0.379 e. The second-order valence-corrected chi connectivity index (χ2v) is 5.43. The zero-order valence-electron chi connectivity index (χ0n) is 13.5. The van der Waals surface area contributed by atoms with Crippen LogP contribution in [-0.2, 0) is 6.54 Å². The van der Waals surface area contributed by atoms with Gasteiger partial charge < -0.3 is 10.6 Å². The van der Waals surface area contributed by atoms with E-state index >= 15 is 0 Å². The number of hydrogen-bond donors (Lipinski definition) is 2. The first-order chi connectivity index (χ1) is 12.5. The molecule has 2 aromatic carbocycles. The highest BCUT2D eigenvalue weighted by molar-refractivity contribution is 6.04. The average molecular weight is 357 g/mol. The van der Waals surface area contributed by atoms with E-state index in [1.165, 1.54) is 0 Å². The van der Waals surface area contributed by atoms with Gasteiger partial charge in [0.2, 0.25) is 0 Å². The van der Waals surface area contributed by atoms with Crippen molar-refractivity contribution < 1.29 is 18.0 Å². The highest BCUT2D eigenvalue weighted by Crippen LogP contribution is 2.18. The molecule has 3 aromatic rings. The van der Waals surface area contributed by atoms with Crippen molar-refractivity contribution in [2.45, 2.75) is 6.54 Å². The number of aromatic nitrogens is 1. The van der Waals surface area contributed by atoms with E-state index in [-0.39, 0.29) is 0 Å². The summed E-state index contributed by atoms with van der Waals surface area (Å²) >= 11 is 0. The monoisotopic (exact) mass is 357 g/mol. The first-order valence-electron chi connectivity index (χ1n) is 7.73. The molecular formula is C19H14F3N3O. The van der Waals surface area contributed by atoms with E-state index in [0.717, 1.165) is 17.4 Å². The summed E-state index contributed by atoms with van der Waals surface area (Å²) in [4.78, 5) is 16.2. The summed E-state index contributed by atoms with van der Waals surface area (Å²) < 4.78 is 39.8. The van der Waals surface area contributed by atoms with Gasteiger partial charge in [-0.05, 0) is 48.5 Å². The normalized spacial score (nSPS) is 10.4. The Morgan fingerprint density at radius 3 is 2.31 bits per heavy atom. The van der Waals surface area contributed by atoms with Crippen LogP contribution in [0.1, 0.15) is 16.1 Å². The third-order valence-electron chi connectivity index (χ3n) is 3.62. The van der Waals surface area contributed by atoms with Crippen LogP contribution in [-0.4, -0.2) is 10.9 Å². The molecule has 0 aliphatic carbocycles. The lowest BCUT2D eigenvalue weighted by Crippen LogP contribution is -2.15. The number of benzene rings is 2. The van der Waals surface area contributed by atoms with E-state index in [1.54, 1.807) is 30.5 Å². The van der Waals surface area contributed by atoms with Crippen LogP contribution >= 0.6 is 0 Å². The van der Waals surface area contributed by atoms with Crippen LogP contribution < -0.4 is 10.6 Å². The number of carbonyl (C=O) groups is 1. The third-order valence-corrected chi connectivity index (χ3v) is 3.62. The number of pyridine rings is 1. The van der Waals surface area contributed by atoms with Crippen LogP contribution in [0.5, 0.6) is 0 Å². The van der Waals surface area contributed by atoms with E-state index in [4.69, 9.17) is 0 Å². The zero-order chi connectivity index (χ0) is 18.5. The van der Waals surface area contributed by atoms with Gasteiger partial charge in [-0.2, -0.15) is 0 Å². The van der Waals surface area contributed by atoms with Gasteiger partial charge in [-0.25, -0.2) is 13.2 Å². The molecule has 0 radical (unpaired) electrons. The lowest BCUT2D eigenvalue weighted by Gasteiger charge is -2.09. The maximum Gasteiger partial charge on any atom is 0.258 e. The fourth-order valence-corrected chi connectivity index (χ4v) is 2.27. The molecule has 0 aliphatic rings. The Labute approximate surface area is 147 Å². The number of nitrogens with one attached hydrogen (secondary N) is 2. The lowest BCUT2D eigenvalue weighted by molar-refractivity contribution is 0.102. The van der Waals surface area contributed by atoms with Gasteiger partial charge in [0.15, 0.2) is 17.5 Å². The molecule has 4 nitrogen and oxygen atoms in total. The number of anilines is 2. The van der Waals surface area contributed by atoms with Crippen LogP contribution in [0.25, 0.3) is 0 Å². The molecule has 26 heavy (non-hydrogen) atoms. The molecule has 7 heteroatoms. The highest BCUT2D eigenvalue weighted by atomic mass is 19.2. The number of nitrogens with zero attached hydrogens (tertiary/aromatic N) is 1. The number of amides is 1. The van der Waals surface area contributed by atoms with Crippen molar-refractivity contribution in [1.29, 1.82) is 0 Å². The van der Waals surface area contributed by atoms with Gasteiger partial charge in [-0.15, -0.1) is 0 Å². The molecule has 0 aliphatic heterocycles. The minimum atomic E-state index is -1.67. The molecule has 0 atom stereocenters. The Morgan fingerprint density at radius 2 is 1.62 bits per heavy atom. The Kier molecular flexibility index (Phi) is 5.17. The third kappa shape index (κ3) is 4.00. The fourth-order valence-electron chi connectivity index (χ4n) is 2.27. The van der Waals surface area contributed by atoms with Crippen LogP contribution in [0, 0.1) is 17.5 Å². The summed E-state index contributed by atoms with van der Waals surface area (Å²) in [5.41, 5.74) is 1.50. The van der Waals surface area contributed by atoms with Crippen molar-refractivity contribution in [1.82, 2.24) is 4.98 Å². The van der Waals surface area contributed by atoms with Crippen molar-refractivity contribution in [3.63, 3.8) is 0 Å². The van der Waals surface area contributed by atoms with Gasteiger partial charge in [0.1, 0.15) is 0 Å². The summed E-state index contributed by atoms with van der Waals surface area (Å²) in [5, 5.41) is 5.61. The molecule has 0 saturated carbocycles. The van der Waals surface area contributed by atoms with E-state index in [0.29, 0.717) is 18.3 Å².